The summed E-state index contributed by atoms with van der Waals surface area (Å²) in [6.07, 6.45) is 9.67. The highest BCUT2D eigenvalue weighted by atomic mass is 14.9. The van der Waals surface area contributed by atoms with E-state index in [1.54, 1.807) is 0 Å². The van der Waals surface area contributed by atoms with Crippen LogP contribution in [0.5, 0.6) is 0 Å². The topological polar surface area (TPSA) is 50.9 Å². The zero-order valence-corrected chi connectivity index (χ0v) is 12.4. The Labute approximate surface area is 121 Å². The molecule has 0 amide bonds. The minimum Gasteiger partial charge on any atom is -0.396 e. The van der Waals surface area contributed by atoms with Gasteiger partial charge in [-0.3, -0.25) is 4.98 Å². The van der Waals surface area contributed by atoms with Crippen molar-refractivity contribution in [3.8, 4) is 0 Å². The van der Waals surface area contributed by atoms with E-state index in [0.29, 0.717) is 0 Å². The van der Waals surface area contributed by atoms with Gasteiger partial charge in [0.25, 0.3) is 0 Å². The fraction of sp³-hybridized carbons (Fsp3) is 0.471. The molecule has 20 heavy (non-hydrogen) atoms. The van der Waals surface area contributed by atoms with Crippen LogP contribution < -0.4 is 11.1 Å². The molecule has 1 aromatic heterocycles. The van der Waals surface area contributed by atoms with Crippen molar-refractivity contribution in [3.05, 3.63) is 30.5 Å². The van der Waals surface area contributed by atoms with E-state index in [9.17, 15) is 0 Å². The molecule has 1 heterocycles. The molecule has 0 fully saturated rings. The number of unbranched alkanes of at least 4 members (excludes halogenated alkanes) is 5. The number of para-hydroxylation sites is 1. The number of aromatic nitrogens is 1. The van der Waals surface area contributed by atoms with Gasteiger partial charge in [-0.15, -0.1) is 0 Å². The molecule has 2 rings (SSSR count). The molecule has 3 N–H and O–H groups in total. The van der Waals surface area contributed by atoms with Crippen molar-refractivity contribution in [2.45, 2.75) is 45.4 Å². The van der Waals surface area contributed by atoms with Gasteiger partial charge in [0, 0.05) is 11.9 Å². The number of nitrogens with zero attached hydrogens (tertiary/aromatic N) is 1. The van der Waals surface area contributed by atoms with E-state index in [1.165, 1.54) is 38.5 Å². The SMILES string of the molecule is CCCCCCCCNc1cnc2ccccc2c1N. The monoisotopic (exact) mass is 271 g/mol. The molecule has 3 nitrogen and oxygen atoms in total. The van der Waals surface area contributed by atoms with Crippen molar-refractivity contribution >= 4 is 22.3 Å². The van der Waals surface area contributed by atoms with Gasteiger partial charge in [0.1, 0.15) is 0 Å². The van der Waals surface area contributed by atoms with Gasteiger partial charge in [0.2, 0.25) is 0 Å². The molecule has 108 valence electrons. The largest absolute Gasteiger partial charge is 0.396 e. The van der Waals surface area contributed by atoms with Gasteiger partial charge < -0.3 is 11.1 Å². The van der Waals surface area contributed by atoms with Gasteiger partial charge in [0.15, 0.2) is 0 Å². The summed E-state index contributed by atoms with van der Waals surface area (Å²) >= 11 is 0. The van der Waals surface area contributed by atoms with Crippen molar-refractivity contribution in [1.29, 1.82) is 0 Å². The molecule has 0 spiro atoms. The highest BCUT2D eigenvalue weighted by Gasteiger charge is 2.04. The van der Waals surface area contributed by atoms with E-state index in [-0.39, 0.29) is 0 Å². The lowest BCUT2D eigenvalue weighted by Gasteiger charge is -2.11. The highest BCUT2D eigenvalue weighted by Crippen LogP contribution is 2.26. The summed E-state index contributed by atoms with van der Waals surface area (Å²) in [6, 6.07) is 7.99. The Morgan fingerprint density at radius 1 is 1.05 bits per heavy atom. The maximum Gasteiger partial charge on any atom is 0.0767 e. The number of nitrogens with one attached hydrogen (secondary N) is 1. The lowest BCUT2D eigenvalue weighted by molar-refractivity contribution is 0.617. The number of hydrogen-bond donors (Lipinski definition) is 2. The van der Waals surface area contributed by atoms with Crippen LogP contribution in [0, 0.1) is 0 Å². The molecule has 0 aliphatic carbocycles. The second kappa shape index (κ2) is 7.73. The fourth-order valence-corrected chi connectivity index (χ4v) is 2.43. The summed E-state index contributed by atoms with van der Waals surface area (Å²) < 4.78 is 0. The van der Waals surface area contributed by atoms with Crippen LogP contribution in [0.2, 0.25) is 0 Å². The highest BCUT2D eigenvalue weighted by molar-refractivity contribution is 5.96. The third kappa shape index (κ3) is 3.86. The first-order chi connectivity index (χ1) is 9.83. The molecule has 0 saturated carbocycles. The first kappa shape index (κ1) is 14.6. The van der Waals surface area contributed by atoms with Crippen molar-refractivity contribution in [2.24, 2.45) is 0 Å². The predicted octanol–water partition coefficient (Wildman–Crippen LogP) is 4.59. The molecular weight excluding hydrogens is 246 g/mol. The summed E-state index contributed by atoms with van der Waals surface area (Å²) in [5, 5.41) is 4.44. The summed E-state index contributed by atoms with van der Waals surface area (Å²) in [5.74, 6) is 0. The maximum absolute atomic E-state index is 6.20. The molecule has 0 bridgehead atoms. The number of nitrogen functional groups attached to an aromatic ring is 1. The average molecular weight is 271 g/mol. The quantitative estimate of drug-likeness (QED) is 0.690. The van der Waals surface area contributed by atoms with Crippen LogP contribution in [0.15, 0.2) is 30.5 Å². The summed E-state index contributed by atoms with van der Waals surface area (Å²) in [5.41, 5.74) is 8.91. The predicted molar refractivity (Wildman–Crippen MR) is 88.0 cm³/mol. The molecule has 0 aliphatic heterocycles. The Morgan fingerprint density at radius 2 is 1.80 bits per heavy atom. The van der Waals surface area contributed by atoms with E-state index < -0.39 is 0 Å². The maximum atomic E-state index is 6.20. The van der Waals surface area contributed by atoms with Crippen LogP contribution in [0.1, 0.15) is 45.4 Å². The molecule has 3 heteroatoms. The smallest absolute Gasteiger partial charge is 0.0767 e. The van der Waals surface area contributed by atoms with Crippen molar-refractivity contribution in [2.75, 3.05) is 17.6 Å². The van der Waals surface area contributed by atoms with Gasteiger partial charge in [-0.1, -0.05) is 57.2 Å². The Morgan fingerprint density at radius 3 is 2.65 bits per heavy atom. The zero-order chi connectivity index (χ0) is 14.2. The summed E-state index contributed by atoms with van der Waals surface area (Å²) in [6.45, 7) is 3.22. The van der Waals surface area contributed by atoms with Gasteiger partial charge in [0.05, 0.1) is 23.1 Å². The molecule has 1 aromatic carbocycles. The normalized spacial score (nSPS) is 10.8. The van der Waals surface area contributed by atoms with Crippen molar-refractivity contribution in [3.63, 3.8) is 0 Å². The number of nitrogens with two attached hydrogens (primary N) is 1. The Kier molecular flexibility index (Phi) is 5.66. The van der Waals surface area contributed by atoms with E-state index in [4.69, 9.17) is 5.73 Å². The number of anilines is 2. The first-order valence-electron chi connectivity index (χ1n) is 7.70. The molecule has 0 radical (unpaired) electrons. The molecule has 0 atom stereocenters. The van der Waals surface area contributed by atoms with E-state index in [2.05, 4.69) is 17.2 Å². The van der Waals surface area contributed by atoms with Crippen LogP contribution in [0.4, 0.5) is 11.4 Å². The average Bonchev–Trinajstić information content (AvgIpc) is 2.49. The second-order valence-corrected chi connectivity index (χ2v) is 5.30. The van der Waals surface area contributed by atoms with E-state index in [1.807, 2.05) is 30.5 Å². The molecule has 2 aromatic rings. The van der Waals surface area contributed by atoms with Gasteiger partial charge >= 0.3 is 0 Å². The lowest BCUT2D eigenvalue weighted by atomic mass is 10.1. The number of benzene rings is 1. The number of fused-ring (bicyclic) bond motifs is 1. The molecular formula is C17H25N3. The summed E-state index contributed by atoms with van der Waals surface area (Å²) in [7, 11) is 0. The third-order valence-corrected chi connectivity index (χ3v) is 3.66. The number of pyridine rings is 1. The molecule has 0 unspecified atom stereocenters. The Hall–Kier alpha value is -1.77. The third-order valence-electron chi connectivity index (χ3n) is 3.66. The fourth-order valence-electron chi connectivity index (χ4n) is 2.43. The van der Waals surface area contributed by atoms with Gasteiger partial charge in [-0.25, -0.2) is 0 Å². The van der Waals surface area contributed by atoms with Crippen molar-refractivity contribution < 1.29 is 0 Å². The zero-order valence-electron chi connectivity index (χ0n) is 12.4. The van der Waals surface area contributed by atoms with Crippen LogP contribution in [0.25, 0.3) is 10.9 Å². The first-order valence-corrected chi connectivity index (χ1v) is 7.70. The molecule has 0 saturated heterocycles. The van der Waals surface area contributed by atoms with Crippen LogP contribution >= 0.6 is 0 Å². The summed E-state index contributed by atoms with van der Waals surface area (Å²) in [4.78, 5) is 4.44. The number of hydrogen-bond acceptors (Lipinski definition) is 3. The minimum absolute atomic E-state index is 0.807. The van der Waals surface area contributed by atoms with Gasteiger partial charge in [-0.05, 0) is 12.5 Å². The standard InChI is InChI=1S/C17H25N3/c1-2-3-4-5-6-9-12-19-16-13-20-15-11-8-7-10-14(15)17(16)18/h7-8,10-11,13,19H,2-6,9,12H2,1H3,(H2,18,20). The van der Waals surface area contributed by atoms with Crippen LogP contribution in [-0.4, -0.2) is 11.5 Å². The van der Waals surface area contributed by atoms with E-state index >= 15 is 0 Å². The second-order valence-electron chi connectivity index (χ2n) is 5.30. The van der Waals surface area contributed by atoms with Crippen LogP contribution in [0.3, 0.4) is 0 Å². The van der Waals surface area contributed by atoms with Gasteiger partial charge in [-0.2, -0.15) is 0 Å². The Balaban J connectivity index is 1.83. The number of rotatable bonds is 8. The van der Waals surface area contributed by atoms with E-state index in [0.717, 1.165) is 28.8 Å². The van der Waals surface area contributed by atoms with Crippen molar-refractivity contribution in [1.82, 2.24) is 4.98 Å². The minimum atomic E-state index is 0.807. The Bertz CT molecular complexity index is 537. The molecule has 0 aliphatic rings. The van der Waals surface area contributed by atoms with Crippen LogP contribution in [-0.2, 0) is 0 Å². The lowest BCUT2D eigenvalue weighted by Crippen LogP contribution is -2.05.